The molecule has 0 atom stereocenters. The number of hydrogen-bond donors (Lipinski definition) is 0. The monoisotopic (exact) mass is 270 g/mol. The fourth-order valence-corrected chi connectivity index (χ4v) is 3.24. The van der Waals surface area contributed by atoms with Crippen LogP contribution < -0.4 is 0 Å². The largest absolute Gasteiger partial charge is 0.379 e. The van der Waals surface area contributed by atoms with Crippen LogP contribution in [0.1, 0.15) is 25.3 Å². The number of ether oxygens (including phenoxy) is 1. The average molecular weight is 270 g/mol. The molecule has 6 heteroatoms. The Morgan fingerprint density at radius 3 is 2.56 bits per heavy atom. The zero-order valence-corrected chi connectivity index (χ0v) is 11.5. The van der Waals surface area contributed by atoms with Crippen LogP contribution >= 0.6 is 0 Å². The molecule has 0 aromatic carbocycles. The van der Waals surface area contributed by atoms with Gasteiger partial charge in [-0.25, -0.2) is 8.42 Å². The van der Waals surface area contributed by atoms with E-state index in [1.165, 1.54) is 10.5 Å². The molecule has 5 nitrogen and oxygen atoms in total. The molecule has 2 rings (SSSR count). The number of morpholine rings is 1. The van der Waals surface area contributed by atoms with Crippen LogP contribution in [0.2, 0.25) is 0 Å². The summed E-state index contributed by atoms with van der Waals surface area (Å²) in [7, 11) is -3.43. The van der Waals surface area contributed by atoms with E-state index in [9.17, 15) is 8.42 Å². The van der Waals surface area contributed by atoms with Crippen LogP contribution in [0.15, 0.2) is 23.4 Å². The van der Waals surface area contributed by atoms with Gasteiger partial charge in [0.05, 0.1) is 13.2 Å². The van der Waals surface area contributed by atoms with E-state index in [1.54, 1.807) is 12.3 Å². The van der Waals surface area contributed by atoms with Gasteiger partial charge in [-0.05, 0) is 17.5 Å². The summed E-state index contributed by atoms with van der Waals surface area (Å²) in [5.74, 6) is 0.261. The van der Waals surface area contributed by atoms with Gasteiger partial charge in [0, 0.05) is 25.5 Å². The molecule has 0 saturated carbocycles. The van der Waals surface area contributed by atoms with Crippen molar-refractivity contribution in [2.75, 3.05) is 26.3 Å². The summed E-state index contributed by atoms with van der Waals surface area (Å²) in [6.45, 7) is 5.76. The van der Waals surface area contributed by atoms with Crippen LogP contribution in [0.3, 0.4) is 0 Å². The molecule has 1 aliphatic heterocycles. The minimum atomic E-state index is -3.43. The molecule has 0 radical (unpaired) electrons. The third-order valence-electron chi connectivity index (χ3n) is 3.01. The second kappa shape index (κ2) is 5.34. The van der Waals surface area contributed by atoms with Crippen LogP contribution in [0.25, 0.3) is 0 Å². The molecule has 0 amide bonds. The highest BCUT2D eigenvalue weighted by molar-refractivity contribution is 7.89. The molecule has 0 bridgehead atoms. The van der Waals surface area contributed by atoms with Crippen molar-refractivity contribution in [1.82, 2.24) is 9.29 Å². The van der Waals surface area contributed by atoms with E-state index < -0.39 is 10.0 Å². The second-order valence-electron chi connectivity index (χ2n) is 4.63. The van der Waals surface area contributed by atoms with Gasteiger partial charge in [0.2, 0.25) is 10.0 Å². The maximum atomic E-state index is 12.4. The first-order valence-corrected chi connectivity index (χ1v) is 7.48. The average Bonchev–Trinajstić information content (AvgIpc) is 2.40. The molecular formula is C12H18N2O3S. The quantitative estimate of drug-likeness (QED) is 0.829. The van der Waals surface area contributed by atoms with Crippen molar-refractivity contribution in [1.29, 1.82) is 0 Å². The van der Waals surface area contributed by atoms with E-state index in [0.29, 0.717) is 26.3 Å². The van der Waals surface area contributed by atoms with Gasteiger partial charge in [-0.1, -0.05) is 13.8 Å². The van der Waals surface area contributed by atoms with Gasteiger partial charge in [-0.3, -0.25) is 4.98 Å². The first-order chi connectivity index (χ1) is 8.51. The lowest BCUT2D eigenvalue weighted by Crippen LogP contribution is -2.40. The molecule has 1 aliphatic rings. The van der Waals surface area contributed by atoms with Crippen LogP contribution in [-0.4, -0.2) is 44.0 Å². The van der Waals surface area contributed by atoms with Crippen molar-refractivity contribution in [3.05, 3.63) is 24.0 Å². The Morgan fingerprint density at radius 1 is 1.28 bits per heavy atom. The Labute approximate surface area is 108 Å². The molecule has 2 heterocycles. The number of aromatic nitrogens is 1. The Morgan fingerprint density at radius 2 is 1.94 bits per heavy atom. The first-order valence-electron chi connectivity index (χ1n) is 6.04. The van der Waals surface area contributed by atoms with E-state index in [1.807, 2.05) is 13.8 Å². The molecule has 1 fully saturated rings. The van der Waals surface area contributed by atoms with Gasteiger partial charge in [-0.15, -0.1) is 0 Å². The predicted molar refractivity (Wildman–Crippen MR) is 67.9 cm³/mol. The lowest BCUT2D eigenvalue weighted by Gasteiger charge is -2.26. The number of hydrogen-bond acceptors (Lipinski definition) is 4. The van der Waals surface area contributed by atoms with E-state index in [4.69, 9.17) is 4.74 Å². The fraction of sp³-hybridized carbons (Fsp3) is 0.583. The van der Waals surface area contributed by atoms with Gasteiger partial charge in [0.25, 0.3) is 0 Å². The maximum Gasteiger partial charge on any atom is 0.244 e. The second-order valence-corrected chi connectivity index (χ2v) is 6.56. The fourth-order valence-electron chi connectivity index (χ4n) is 1.83. The number of pyridine rings is 1. The minimum absolute atomic E-state index is 0.261. The summed E-state index contributed by atoms with van der Waals surface area (Å²) in [6, 6.07) is 1.71. The first kappa shape index (κ1) is 13.5. The van der Waals surface area contributed by atoms with Crippen LogP contribution in [0.4, 0.5) is 0 Å². The standard InChI is InChI=1S/C12H18N2O3S/c1-10(2)11-7-12(9-13-8-11)18(15,16)14-3-5-17-6-4-14/h7-10H,3-6H2,1-2H3. The molecule has 0 spiro atoms. The maximum absolute atomic E-state index is 12.4. The highest BCUT2D eigenvalue weighted by Gasteiger charge is 2.26. The predicted octanol–water partition coefficient (Wildman–Crippen LogP) is 1.23. The van der Waals surface area contributed by atoms with Gasteiger partial charge in [0.15, 0.2) is 0 Å². The summed E-state index contributed by atoms with van der Waals surface area (Å²) in [6.07, 6.45) is 3.12. The number of sulfonamides is 1. The minimum Gasteiger partial charge on any atom is -0.379 e. The highest BCUT2D eigenvalue weighted by Crippen LogP contribution is 2.20. The number of nitrogens with zero attached hydrogens (tertiary/aromatic N) is 2. The molecule has 1 aromatic rings. The Balaban J connectivity index is 2.31. The van der Waals surface area contributed by atoms with Crippen molar-refractivity contribution in [3.63, 3.8) is 0 Å². The van der Waals surface area contributed by atoms with Crippen LogP contribution in [0, 0.1) is 0 Å². The van der Waals surface area contributed by atoms with E-state index >= 15 is 0 Å². The highest BCUT2D eigenvalue weighted by atomic mass is 32.2. The molecule has 100 valence electrons. The molecule has 1 saturated heterocycles. The normalized spacial score (nSPS) is 18.2. The SMILES string of the molecule is CC(C)c1cncc(S(=O)(=O)N2CCOCC2)c1. The van der Waals surface area contributed by atoms with Crippen molar-refractivity contribution < 1.29 is 13.2 Å². The zero-order valence-electron chi connectivity index (χ0n) is 10.7. The van der Waals surface area contributed by atoms with Gasteiger partial charge < -0.3 is 4.74 Å². The van der Waals surface area contributed by atoms with Crippen LogP contribution in [0.5, 0.6) is 0 Å². The van der Waals surface area contributed by atoms with E-state index in [0.717, 1.165) is 5.56 Å². The molecule has 0 aliphatic carbocycles. The van der Waals surface area contributed by atoms with Gasteiger partial charge in [-0.2, -0.15) is 4.31 Å². The molecule has 0 N–H and O–H groups in total. The summed E-state index contributed by atoms with van der Waals surface area (Å²) in [5.41, 5.74) is 0.935. The zero-order chi connectivity index (χ0) is 13.2. The van der Waals surface area contributed by atoms with E-state index in [-0.39, 0.29) is 10.8 Å². The third-order valence-corrected chi connectivity index (χ3v) is 4.87. The van der Waals surface area contributed by atoms with E-state index in [2.05, 4.69) is 4.98 Å². The Bertz CT molecular complexity index is 508. The lowest BCUT2D eigenvalue weighted by atomic mass is 10.1. The molecular weight excluding hydrogens is 252 g/mol. The van der Waals surface area contributed by atoms with Crippen molar-refractivity contribution in [2.45, 2.75) is 24.7 Å². The molecule has 0 unspecified atom stereocenters. The molecule has 18 heavy (non-hydrogen) atoms. The Hall–Kier alpha value is -0.980. The van der Waals surface area contributed by atoms with Crippen molar-refractivity contribution in [3.8, 4) is 0 Å². The Kier molecular flexibility index (Phi) is 3.99. The summed E-state index contributed by atoms with van der Waals surface area (Å²) < 4.78 is 31.4. The summed E-state index contributed by atoms with van der Waals surface area (Å²) in [4.78, 5) is 4.30. The topological polar surface area (TPSA) is 59.5 Å². The summed E-state index contributed by atoms with van der Waals surface area (Å²) >= 11 is 0. The van der Waals surface area contributed by atoms with Gasteiger partial charge in [0.1, 0.15) is 4.90 Å². The van der Waals surface area contributed by atoms with Crippen molar-refractivity contribution in [2.24, 2.45) is 0 Å². The van der Waals surface area contributed by atoms with Gasteiger partial charge >= 0.3 is 0 Å². The number of rotatable bonds is 3. The van der Waals surface area contributed by atoms with Crippen LogP contribution in [-0.2, 0) is 14.8 Å². The smallest absolute Gasteiger partial charge is 0.244 e. The lowest BCUT2D eigenvalue weighted by molar-refractivity contribution is 0.0730. The third kappa shape index (κ3) is 2.71. The summed E-state index contributed by atoms with van der Waals surface area (Å²) in [5, 5.41) is 0. The molecule has 1 aromatic heterocycles. The van der Waals surface area contributed by atoms with Crippen molar-refractivity contribution >= 4 is 10.0 Å².